The predicted octanol–water partition coefficient (Wildman–Crippen LogP) is 3.21. The molecule has 0 amide bonds. The van der Waals surface area contributed by atoms with Crippen molar-refractivity contribution in [1.29, 1.82) is 0 Å². The van der Waals surface area contributed by atoms with E-state index in [1.54, 1.807) is 0 Å². The molecule has 2 aromatic carbocycles. The molecule has 2 unspecified atom stereocenters. The number of fused-ring (bicyclic) bond motifs is 1. The first-order valence-corrected chi connectivity index (χ1v) is 11.7. The van der Waals surface area contributed by atoms with Crippen molar-refractivity contribution in [2.45, 2.75) is 31.8 Å². The van der Waals surface area contributed by atoms with Crippen molar-refractivity contribution in [1.82, 2.24) is 24.7 Å². The molecular weight excluding hydrogens is 539 g/mol. The lowest BCUT2D eigenvalue weighted by atomic mass is 10.1. The number of halogens is 1. The standard InChI is InChI=1S/C26H32N6O.HI/c1-27-26(29-15-21-7-9-23(10-8-21)16-30-12-11-28-20-30)32-18-24-25(19-32)33-14-13-31(24)17-22-5-3-2-4-6-22;/h2-12,20,24-25H,13-19H2,1H3,(H,27,29);1H. The molecule has 2 aliphatic rings. The Morgan fingerprint density at radius 3 is 2.53 bits per heavy atom. The smallest absolute Gasteiger partial charge is 0.194 e. The lowest BCUT2D eigenvalue weighted by Gasteiger charge is -2.36. The van der Waals surface area contributed by atoms with E-state index >= 15 is 0 Å². The fourth-order valence-electron chi connectivity index (χ4n) is 4.81. The van der Waals surface area contributed by atoms with Gasteiger partial charge in [0.2, 0.25) is 0 Å². The lowest BCUT2D eigenvalue weighted by molar-refractivity contribution is -0.0502. The van der Waals surface area contributed by atoms with Crippen molar-refractivity contribution in [3.8, 4) is 0 Å². The van der Waals surface area contributed by atoms with Crippen molar-refractivity contribution in [3.05, 3.63) is 90.0 Å². The Morgan fingerprint density at radius 1 is 1.03 bits per heavy atom. The summed E-state index contributed by atoms with van der Waals surface area (Å²) < 4.78 is 8.22. The van der Waals surface area contributed by atoms with Crippen LogP contribution in [-0.2, 0) is 24.4 Å². The van der Waals surface area contributed by atoms with Crippen LogP contribution in [0, 0.1) is 0 Å². The first-order chi connectivity index (χ1) is 16.3. The summed E-state index contributed by atoms with van der Waals surface area (Å²) in [5.41, 5.74) is 3.86. The van der Waals surface area contributed by atoms with E-state index in [1.165, 1.54) is 16.7 Å². The number of hydrogen-bond donors (Lipinski definition) is 1. The minimum absolute atomic E-state index is 0. The van der Waals surface area contributed by atoms with Gasteiger partial charge in [0, 0.05) is 58.7 Å². The normalized spacial score (nSPS) is 20.6. The summed E-state index contributed by atoms with van der Waals surface area (Å²) in [7, 11) is 1.86. The van der Waals surface area contributed by atoms with Gasteiger partial charge in [0.1, 0.15) is 0 Å². The third kappa shape index (κ3) is 5.97. The molecule has 0 spiro atoms. The Labute approximate surface area is 218 Å². The summed E-state index contributed by atoms with van der Waals surface area (Å²) in [5, 5.41) is 3.55. The molecule has 0 radical (unpaired) electrons. The van der Waals surface area contributed by atoms with Crippen molar-refractivity contribution >= 4 is 29.9 Å². The van der Waals surface area contributed by atoms with Gasteiger partial charge in [-0.15, -0.1) is 24.0 Å². The Bertz CT molecular complexity index is 1040. The van der Waals surface area contributed by atoms with Gasteiger partial charge in [-0.3, -0.25) is 9.89 Å². The molecule has 1 N–H and O–H groups in total. The van der Waals surface area contributed by atoms with E-state index < -0.39 is 0 Å². The molecule has 3 aromatic rings. The Balaban J connectivity index is 0.00000274. The highest BCUT2D eigenvalue weighted by Gasteiger charge is 2.41. The van der Waals surface area contributed by atoms with Gasteiger partial charge in [0.25, 0.3) is 0 Å². The van der Waals surface area contributed by atoms with Crippen LogP contribution in [-0.4, -0.2) is 70.7 Å². The van der Waals surface area contributed by atoms with Gasteiger partial charge < -0.3 is 19.5 Å². The molecule has 1 aromatic heterocycles. The summed E-state index contributed by atoms with van der Waals surface area (Å²) in [6.45, 7) is 6.13. The fraction of sp³-hybridized carbons (Fsp3) is 0.385. The van der Waals surface area contributed by atoms with Gasteiger partial charge in [-0.25, -0.2) is 4.98 Å². The van der Waals surface area contributed by atoms with Crippen molar-refractivity contribution in [2.75, 3.05) is 33.3 Å². The molecule has 5 rings (SSSR count). The zero-order valence-corrected chi connectivity index (χ0v) is 21.9. The average molecular weight is 572 g/mol. The molecule has 180 valence electrons. The van der Waals surface area contributed by atoms with E-state index in [4.69, 9.17) is 4.74 Å². The number of nitrogens with zero attached hydrogens (tertiary/aromatic N) is 5. The van der Waals surface area contributed by atoms with Crippen LogP contribution < -0.4 is 5.32 Å². The number of aromatic nitrogens is 2. The third-order valence-electron chi connectivity index (χ3n) is 6.55. The topological polar surface area (TPSA) is 57.9 Å². The molecule has 7 nitrogen and oxygen atoms in total. The zero-order valence-electron chi connectivity index (χ0n) is 19.6. The van der Waals surface area contributed by atoms with Gasteiger partial charge in [-0.1, -0.05) is 54.6 Å². The molecule has 2 aliphatic heterocycles. The average Bonchev–Trinajstić information content (AvgIpc) is 3.52. The molecular formula is C26H33IN6O. The van der Waals surface area contributed by atoms with E-state index in [-0.39, 0.29) is 30.1 Å². The molecule has 3 heterocycles. The number of guanidine groups is 1. The number of rotatable bonds is 6. The SMILES string of the molecule is CN=C(NCc1ccc(Cn2ccnc2)cc1)N1CC2OCCN(Cc3ccccc3)C2C1.I. The maximum Gasteiger partial charge on any atom is 0.194 e. The number of nitrogens with one attached hydrogen (secondary N) is 1. The molecule has 8 heteroatoms. The molecule has 0 saturated carbocycles. The molecule has 0 bridgehead atoms. The third-order valence-corrected chi connectivity index (χ3v) is 6.55. The largest absolute Gasteiger partial charge is 0.373 e. The Hall–Kier alpha value is -2.43. The maximum absolute atomic E-state index is 6.14. The van der Waals surface area contributed by atoms with Crippen LogP contribution in [0.15, 0.2) is 78.3 Å². The summed E-state index contributed by atoms with van der Waals surface area (Å²) >= 11 is 0. The van der Waals surface area contributed by atoms with Crippen molar-refractivity contribution in [2.24, 2.45) is 4.99 Å². The summed E-state index contributed by atoms with van der Waals surface area (Å²) in [5.74, 6) is 0.940. The summed E-state index contributed by atoms with van der Waals surface area (Å²) in [6, 6.07) is 19.8. The van der Waals surface area contributed by atoms with Crippen LogP contribution in [0.4, 0.5) is 0 Å². The summed E-state index contributed by atoms with van der Waals surface area (Å²) in [4.78, 5) is 13.6. The number of hydrogen-bond acceptors (Lipinski definition) is 4. The predicted molar refractivity (Wildman–Crippen MR) is 145 cm³/mol. The van der Waals surface area contributed by atoms with E-state index in [2.05, 4.69) is 84.3 Å². The number of morpholine rings is 1. The second kappa shape index (κ2) is 11.8. The number of aliphatic imine (C=N–C) groups is 1. The number of likely N-dealkylation sites (tertiary alicyclic amines) is 1. The quantitative estimate of drug-likeness (QED) is 0.280. The van der Waals surface area contributed by atoms with E-state index in [0.717, 1.165) is 51.8 Å². The molecule has 2 saturated heterocycles. The Morgan fingerprint density at radius 2 is 1.79 bits per heavy atom. The molecule has 2 fully saturated rings. The first-order valence-electron chi connectivity index (χ1n) is 11.7. The number of benzene rings is 2. The van der Waals surface area contributed by atoms with Crippen molar-refractivity contribution < 1.29 is 4.74 Å². The van der Waals surface area contributed by atoms with Gasteiger partial charge in [0.15, 0.2) is 5.96 Å². The van der Waals surface area contributed by atoms with Gasteiger partial charge >= 0.3 is 0 Å². The van der Waals surface area contributed by atoms with Crippen LogP contribution in [0.3, 0.4) is 0 Å². The molecule has 0 aliphatic carbocycles. The van der Waals surface area contributed by atoms with E-state index in [1.807, 2.05) is 25.8 Å². The van der Waals surface area contributed by atoms with Crippen LogP contribution in [0.1, 0.15) is 16.7 Å². The number of imidazole rings is 1. The lowest BCUT2D eigenvalue weighted by Crippen LogP contribution is -2.50. The zero-order chi connectivity index (χ0) is 22.5. The maximum atomic E-state index is 6.14. The van der Waals surface area contributed by atoms with Crippen LogP contribution in [0.5, 0.6) is 0 Å². The second-order valence-electron chi connectivity index (χ2n) is 8.79. The van der Waals surface area contributed by atoms with Crippen LogP contribution in [0.25, 0.3) is 0 Å². The van der Waals surface area contributed by atoms with Crippen LogP contribution in [0.2, 0.25) is 0 Å². The highest BCUT2D eigenvalue weighted by molar-refractivity contribution is 14.0. The fourth-order valence-corrected chi connectivity index (χ4v) is 4.81. The summed E-state index contributed by atoms with van der Waals surface area (Å²) in [6.07, 6.45) is 5.86. The second-order valence-corrected chi connectivity index (χ2v) is 8.79. The van der Waals surface area contributed by atoms with Crippen LogP contribution >= 0.6 is 24.0 Å². The van der Waals surface area contributed by atoms with Gasteiger partial charge in [-0.05, 0) is 16.7 Å². The van der Waals surface area contributed by atoms with Gasteiger partial charge in [-0.2, -0.15) is 0 Å². The van der Waals surface area contributed by atoms with Gasteiger partial charge in [0.05, 0.1) is 25.1 Å². The van der Waals surface area contributed by atoms with Crippen molar-refractivity contribution in [3.63, 3.8) is 0 Å². The minimum Gasteiger partial charge on any atom is -0.373 e. The highest BCUT2D eigenvalue weighted by Crippen LogP contribution is 2.24. The molecule has 2 atom stereocenters. The minimum atomic E-state index is 0. The monoisotopic (exact) mass is 572 g/mol. The highest BCUT2D eigenvalue weighted by atomic mass is 127. The first kappa shape index (κ1) is 24.7. The van der Waals surface area contributed by atoms with E-state index in [0.29, 0.717) is 6.04 Å². The van der Waals surface area contributed by atoms with E-state index in [9.17, 15) is 0 Å². The number of ether oxygens (including phenoxy) is 1. The Kier molecular flexibility index (Phi) is 8.58. The molecule has 34 heavy (non-hydrogen) atoms.